The molecule has 6 rings (SSSR count). The quantitative estimate of drug-likeness (QED) is 0.159. The average Bonchev–Trinajstić information content (AvgIpc) is 2.96. The predicted molar refractivity (Wildman–Crippen MR) is 143 cm³/mol. The molecular weight excluding hydrogens is 552 g/mol. The molecule has 2 aliphatic heterocycles. The van der Waals surface area contributed by atoms with Gasteiger partial charge in [-0.1, -0.05) is 18.2 Å². The number of hydrogen-bond donors (Lipinski definition) is 10. The third-order valence-electron chi connectivity index (χ3n) is 7.72. The van der Waals surface area contributed by atoms with E-state index >= 15 is 0 Å². The molecule has 0 aliphatic carbocycles. The van der Waals surface area contributed by atoms with Crippen LogP contribution in [0, 0.1) is 0 Å². The lowest BCUT2D eigenvalue weighted by Gasteiger charge is -2.38. The Balaban J connectivity index is 1.47. The Morgan fingerprint density at radius 1 is 0.524 bits per heavy atom. The molecule has 0 bridgehead atoms. The highest BCUT2D eigenvalue weighted by atomic mass is 16.5. The van der Waals surface area contributed by atoms with Crippen LogP contribution in [0.5, 0.6) is 57.5 Å². The fourth-order valence-electron chi connectivity index (χ4n) is 5.62. The smallest absolute Gasteiger partial charge is 0.201 e. The van der Waals surface area contributed by atoms with E-state index in [4.69, 9.17) is 9.47 Å². The summed E-state index contributed by atoms with van der Waals surface area (Å²) in [7, 11) is 0. The molecule has 4 aromatic carbocycles. The standard InChI is InChI=1S/C30H26O12/c31-16-4-1-11(8-19(16)34)27-21(36)10-13-7-15(23(37)26(40)29(13)41-27)22-14-3-6-18(33)24(38)30(14)42-28(25(22)39)12-2-5-17(32)20(35)9-12/h1-9,21-22,25,27-28,31-40H,10H2/t21-,22-,25-,27+,28+/m0/s1. The zero-order valence-electron chi connectivity index (χ0n) is 21.6. The highest BCUT2D eigenvalue weighted by Gasteiger charge is 2.44. The molecule has 4 aromatic rings. The monoisotopic (exact) mass is 578 g/mol. The number of ether oxygens (including phenoxy) is 2. The maximum atomic E-state index is 11.6. The molecule has 10 N–H and O–H groups in total. The average molecular weight is 579 g/mol. The number of rotatable bonds is 3. The second kappa shape index (κ2) is 9.72. The van der Waals surface area contributed by atoms with Crippen molar-refractivity contribution in [2.24, 2.45) is 0 Å². The second-order valence-corrected chi connectivity index (χ2v) is 10.3. The van der Waals surface area contributed by atoms with E-state index in [1.807, 2.05) is 0 Å². The number of aromatic hydroxyl groups is 8. The largest absolute Gasteiger partial charge is 0.504 e. The van der Waals surface area contributed by atoms with Crippen molar-refractivity contribution in [3.63, 3.8) is 0 Å². The summed E-state index contributed by atoms with van der Waals surface area (Å²) >= 11 is 0. The molecule has 2 heterocycles. The first-order chi connectivity index (χ1) is 20.0. The van der Waals surface area contributed by atoms with Gasteiger partial charge in [-0.25, -0.2) is 0 Å². The molecule has 0 fully saturated rings. The fourth-order valence-corrected chi connectivity index (χ4v) is 5.62. The SMILES string of the molecule is Oc1ccc([C@H]2Oc3c(ccc(O)c3O)[C@@H](c3cc4c(c(O)c3O)O[C@H](c3ccc(O)c(O)c3)[C@@H](O)C4)[C@@H]2O)cc1O. The molecule has 0 spiro atoms. The number of phenolic OH excluding ortho intramolecular Hbond substituents is 8. The predicted octanol–water partition coefficient (Wildman–Crippen LogP) is 3.00. The highest BCUT2D eigenvalue weighted by molar-refractivity contribution is 5.65. The van der Waals surface area contributed by atoms with E-state index in [1.165, 1.54) is 48.5 Å². The molecule has 42 heavy (non-hydrogen) atoms. The molecule has 2 aliphatic rings. The van der Waals surface area contributed by atoms with Crippen LogP contribution in [-0.2, 0) is 6.42 Å². The molecule has 0 saturated carbocycles. The minimum atomic E-state index is -1.50. The van der Waals surface area contributed by atoms with Crippen LogP contribution in [0.4, 0.5) is 0 Å². The van der Waals surface area contributed by atoms with Crippen LogP contribution in [0.1, 0.15) is 45.9 Å². The van der Waals surface area contributed by atoms with Gasteiger partial charge in [-0.15, -0.1) is 0 Å². The van der Waals surface area contributed by atoms with Gasteiger partial charge >= 0.3 is 0 Å². The summed E-state index contributed by atoms with van der Waals surface area (Å²) in [5, 5.41) is 105. The van der Waals surface area contributed by atoms with E-state index in [-0.39, 0.29) is 45.9 Å². The van der Waals surface area contributed by atoms with E-state index in [9.17, 15) is 51.1 Å². The van der Waals surface area contributed by atoms with Crippen molar-refractivity contribution in [1.82, 2.24) is 0 Å². The van der Waals surface area contributed by atoms with Crippen LogP contribution in [-0.4, -0.2) is 63.3 Å². The Hall–Kier alpha value is -5.20. The Kier molecular flexibility index (Phi) is 6.24. The van der Waals surface area contributed by atoms with Crippen molar-refractivity contribution in [2.45, 2.75) is 36.8 Å². The zero-order chi connectivity index (χ0) is 30.0. The Labute approximate surface area is 237 Å². The number of phenols is 8. The van der Waals surface area contributed by atoms with Gasteiger partial charge in [-0.2, -0.15) is 0 Å². The van der Waals surface area contributed by atoms with Crippen molar-refractivity contribution in [1.29, 1.82) is 0 Å². The normalized spacial score (nSPS) is 22.9. The lowest BCUT2D eigenvalue weighted by atomic mass is 9.78. The molecule has 5 atom stereocenters. The van der Waals surface area contributed by atoms with Crippen molar-refractivity contribution in [3.05, 3.63) is 82.4 Å². The molecule has 0 aromatic heterocycles. The van der Waals surface area contributed by atoms with Crippen molar-refractivity contribution in [2.75, 3.05) is 0 Å². The molecule has 218 valence electrons. The van der Waals surface area contributed by atoms with Gasteiger partial charge in [0.1, 0.15) is 6.10 Å². The molecule has 0 amide bonds. The van der Waals surface area contributed by atoms with Crippen LogP contribution in [0.15, 0.2) is 54.6 Å². The van der Waals surface area contributed by atoms with Gasteiger partial charge in [-0.3, -0.25) is 0 Å². The molecule has 0 unspecified atom stereocenters. The van der Waals surface area contributed by atoms with E-state index in [2.05, 4.69) is 0 Å². The summed E-state index contributed by atoms with van der Waals surface area (Å²) in [6, 6.07) is 11.5. The van der Waals surface area contributed by atoms with Gasteiger partial charge in [0, 0.05) is 29.0 Å². The second-order valence-electron chi connectivity index (χ2n) is 10.3. The summed E-state index contributed by atoms with van der Waals surface area (Å²) in [4.78, 5) is 0. The molecule has 0 saturated heterocycles. The molecule has 0 radical (unpaired) electrons. The summed E-state index contributed by atoms with van der Waals surface area (Å²) in [5.41, 5.74) is 0.903. The number of fused-ring (bicyclic) bond motifs is 2. The Morgan fingerprint density at radius 3 is 1.71 bits per heavy atom. The highest BCUT2D eigenvalue weighted by Crippen LogP contribution is 2.56. The molecule has 12 nitrogen and oxygen atoms in total. The third-order valence-corrected chi connectivity index (χ3v) is 7.72. The summed E-state index contributed by atoms with van der Waals surface area (Å²) in [5.74, 6) is -5.79. The van der Waals surface area contributed by atoms with E-state index in [0.717, 1.165) is 6.07 Å². The minimum absolute atomic E-state index is 0.0158. The summed E-state index contributed by atoms with van der Waals surface area (Å²) in [6.07, 6.45) is -5.12. The van der Waals surface area contributed by atoms with Crippen LogP contribution >= 0.6 is 0 Å². The van der Waals surface area contributed by atoms with Gasteiger partial charge in [0.05, 0.1) is 6.10 Å². The first kappa shape index (κ1) is 27.0. The van der Waals surface area contributed by atoms with E-state index < -0.39 is 70.6 Å². The lowest BCUT2D eigenvalue weighted by molar-refractivity contribution is 0.00540. The van der Waals surface area contributed by atoms with Crippen molar-refractivity contribution >= 4 is 0 Å². The van der Waals surface area contributed by atoms with Gasteiger partial charge < -0.3 is 60.5 Å². The number of hydrogen-bond acceptors (Lipinski definition) is 12. The lowest BCUT2D eigenvalue weighted by Crippen LogP contribution is -2.35. The van der Waals surface area contributed by atoms with E-state index in [0.29, 0.717) is 5.56 Å². The number of benzene rings is 4. The molecular formula is C30H26O12. The Bertz CT molecular complexity index is 1720. The maximum Gasteiger partial charge on any atom is 0.201 e. The minimum Gasteiger partial charge on any atom is -0.504 e. The maximum absolute atomic E-state index is 11.6. The molecule has 12 heteroatoms. The van der Waals surface area contributed by atoms with Gasteiger partial charge in [0.15, 0.2) is 58.2 Å². The van der Waals surface area contributed by atoms with Gasteiger partial charge in [0.2, 0.25) is 11.5 Å². The van der Waals surface area contributed by atoms with E-state index in [1.54, 1.807) is 0 Å². The van der Waals surface area contributed by atoms with Crippen LogP contribution in [0.3, 0.4) is 0 Å². The summed E-state index contributed by atoms with van der Waals surface area (Å²) < 4.78 is 11.7. The first-order valence-corrected chi connectivity index (χ1v) is 12.8. The zero-order valence-corrected chi connectivity index (χ0v) is 21.6. The van der Waals surface area contributed by atoms with Crippen molar-refractivity contribution in [3.8, 4) is 57.5 Å². The fraction of sp³-hybridized carbons (Fsp3) is 0.200. The van der Waals surface area contributed by atoms with Crippen LogP contribution in [0.25, 0.3) is 0 Å². The number of aliphatic hydroxyl groups is 2. The number of aliphatic hydroxyl groups excluding tert-OH is 2. The van der Waals surface area contributed by atoms with Crippen LogP contribution in [0.2, 0.25) is 0 Å². The third kappa shape index (κ3) is 4.16. The topological polar surface area (TPSA) is 221 Å². The Morgan fingerprint density at radius 2 is 1.10 bits per heavy atom. The summed E-state index contributed by atoms with van der Waals surface area (Å²) in [6.45, 7) is 0. The van der Waals surface area contributed by atoms with Gasteiger partial charge in [0.25, 0.3) is 0 Å². The first-order valence-electron chi connectivity index (χ1n) is 12.8. The van der Waals surface area contributed by atoms with Crippen LogP contribution < -0.4 is 9.47 Å². The van der Waals surface area contributed by atoms with Crippen molar-refractivity contribution < 1.29 is 60.5 Å². The van der Waals surface area contributed by atoms with Gasteiger partial charge in [-0.05, 0) is 47.5 Å².